The third-order valence-corrected chi connectivity index (χ3v) is 2.90. The van der Waals surface area contributed by atoms with Crippen molar-refractivity contribution < 1.29 is 9.90 Å². The van der Waals surface area contributed by atoms with Gasteiger partial charge in [-0.1, -0.05) is 24.3 Å². The minimum absolute atomic E-state index is 0.00924. The summed E-state index contributed by atoms with van der Waals surface area (Å²) in [5.74, 6) is -0.328. The Morgan fingerprint density at radius 1 is 1.26 bits per heavy atom. The van der Waals surface area contributed by atoms with Gasteiger partial charge in [0.15, 0.2) is 0 Å². The van der Waals surface area contributed by atoms with Crippen LogP contribution in [-0.4, -0.2) is 11.0 Å². The van der Waals surface area contributed by atoms with Gasteiger partial charge in [0, 0.05) is 12.2 Å². The van der Waals surface area contributed by atoms with Crippen LogP contribution in [0.2, 0.25) is 0 Å². The number of carbonyl (C=O) groups excluding carboxylic acids is 1. The molecule has 0 bridgehead atoms. The van der Waals surface area contributed by atoms with Crippen molar-refractivity contribution in [1.82, 2.24) is 0 Å². The van der Waals surface area contributed by atoms with Gasteiger partial charge < -0.3 is 16.2 Å². The Balaban J connectivity index is 2.23. The molecule has 2 aromatic rings. The maximum atomic E-state index is 12.1. The van der Waals surface area contributed by atoms with Gasteiger partial charge in [-0.05, 0) is 36.2 Å². The Kier molecular flexibility index (Phi) is 3.82. The van der Waals surface area contributed by atoms with E-state index in [2.05, 4.69) is 5.32 Å². The monoisotopic (exact) mass is 256 g/mol. The zero-order valence-electron chi connectivity index (χ0n) is 10.7. The van der Waals surface area contributed by atoms with E-state index < -0.39 is 0 Å². The highest BCUT2D eigenvalue weighted by atomic mass is 16.3. The molecule has 0 fully saturated rings. The number of rotatable bonds is 3. The van der Waals surface area contributed by atoms with E-state index in [4.69, 9.17) is 5.73 Å². The van der Waals surface area contributed by atoms with E-state index in [0.717, 1.165) is 5.56 Å². The number of nitrogens with one attached hydrogen (secondary N) is 1. The largest absolute Gasteiger partial charge is 0.507 e. The first-order valence-electron chi connectivity index (χ1n) is 6.00. The van der Waals surface area contributed by atoms with Crippen LogP contribution in [0.15, 0.2) is 42.5 Å². The van der Waals surface area contributed by atoms with E-state index in [1.54, 1.807) is 31.2 Å². The number of anilines is 1. The predicted molar refractivity (Wildman–Crippen MR) is 75.1 cm³/mol. The number of nitrogens with two attached hydrogens (primary N) is 1. The molecule has 0 saturated carbocycles. The van der Waals surface area contributed by atoms with Gasteiger partial charge in [0.1, 0.15) is 5.75 Å². The van der Waals surface area contributed by atoms with Crippen molar-refractivity contribution in [3.8, 4) is 5.75 Å². The number of hydrogen-bond acceptors (Lipinski definition) is 3. The molecule has 0 aliphatic rings. The minimum Gasteiger partial charge on any atom is -0.507 e. The number of carbonyl (C=O) groups is 1. The SMILES string of the molecule is Cc1cccc(C(=O)Nc2cccc(CN)c2)c1O. The Labute approximate surface area is 111 Å². The molecule has 0 spiro atoms. The zero-order valence-corrected chi connectivity index (χ0v) is 10.7. The summed E-state index contributed by atoms with van der Waals surface area (Å²) in [6.45, 7) is 2.17. The topological polar surface area (TPSA) is 75.4 Å². The van der Waals surface area contributed by atoms with Gasteiger partial charge in [0.25, 0.3) is 5.91 Å². The maximum absolute atomic E-state index is 12.1. The number of amides is 1. The summed E-state index contributed by atoms with van der Waals surface area (Å²) >= 11 is 0. The summed E-state index contributed by atoms with van der Waals surface area (Å²) < 4.78 is 0. The molecule has 0 aliphatic heterocycles. The van der Waals surface area contributed by atoms with Gasteiger partial charge in [-0.2, -0.15) is 0 Å². The van der Waals surface area contributed by atoms with Crippen LogP contribution >= 0.6 is 0 Å². The molecule has 4 heteroatoms. The Morgan fingerprint density at radius 2 is 2.00 bits per heavy atom. The Morgan fingerprint density at radius 3 is 2.74 bits per heavy atom. The summed E-state index contributed by atoms with van der Waals surface area (Å²) in [6, 6.07) is 12.4. The number of phenolic OH excluding ortho intramolecular Hbond substituents is 1. The molecule has 4 N–H and O–H groups in total. The summed E-state index contributed by atoms with van der Waals surface area (Å²) in [5.41, 5.74) is 8.08. The lowest BCUT2D eigenvalue weighted by molar-refractivity contribution is 0.102. The van der Waals surface area contributed by atoms with Crippen molar-refractivity contribution in [3.05, 3.63) is 59.2 Å². The molecular weight excluding hydrogens is 240 g/mol. The van der Waals surface area contributed by atoms with E-state index in [1.807, 2.05) is 18.2 Å². The second-order valence-corrected chi connectivity index (χ2v) is 4.33. The van der Waals surface area contributed by atoms with Crippen LogP contribution in [0.3, 0.4) is 0 Å². The lowest BCUT2D eigenvalue weighted by Gasteiger charge is -2.09. The van der Waals surface area contributed by atoms with E-state index in [0.29, 0.717) is 17.8 Å². The fourth-order valence-electron chi connectivity index (χ4n) is 1.82. The van der Waals surface area contributed by atoms with Crippen molar-refractivity contribution >= 4 is 11.6 Å². The van der Waals surface area contributed by atoms with Gasteiger partial charge >= 0.3 is 0 Å². The maximum Gasteiger partial charge on any atom is 0.259 e. The molecule has 0 radical (unpaired) electrons. The van der Waals surface area contributed by atoms with Crippen molar-refractivity contribution in [3.63, 3.8) is 0 Å². The van der Waals surface area contributed by atoms with Crippen LogP contribution in [0, 0.1) is 6.92 Å². The first-order chi connectivity index (χ1) is 9.11. The summed E-state index contributed by atoms with van der Waals surface area (Å²) in [5, 5.41) is 12.6. The molecule has 0 saturated heterocycles. The average molecular weight is 256 g/mol. The first-order valence-corrected chi connectivity index (χ1v) is 6.00. The molecule has 1 amide bonds. The zero-order chi connectivity index (χ0) is 13.8. The molecule has 0 heterocycles. The number of benzene rings is 2. The summed E-state index contributed by atoms with van der Waals surface area (Å²) in [4.78, 5) is 12.1. The lowest BCUT2D eigenvalue weighted by atomic mass is 10.1. The highest BCUT2D eigenvalue weighted by Crippen LogP contribution is 2.22. The van der Waals surface area contributed by atoms with Crippen LogP contribution < -0.4 is 11.1 Å². The molecule has 19 heavy (non-hydrogen) atoms. The molecule has 0 unspecified atom stereocenters. The van der Waals surface area contributed by atoms with Gasteiger partial charge in [-0.3, -0.25) is 4.79 Å². The number of para-hydroxylation sites is 1. The standard InChI is InChI=1S/C15H16N2O2/c1-10-4-2-7-13(14(10)18)15(19)17-12-6-3-5-11(8-12)9-16/h2-8,18H,9,16H2,1H3,(H,17,19). The predicted octanol–water partition coefficient (Wildman–Crippen LogP) is 2.41. The van der Waals surface area contributed by atoms with Crippen molar-refractivity contribution in [1.29, 1.82) is 0 Å². The number of hydrogen-bond donors (Lipinski definition) is 3. The van der Waals surface area contributed by atoms with Gasteiger partial charge in [0.05, 0.1) is 5.56 Å². The third kappa shape index (κ3) is 2.92. The second kappa shape index (κ2) is 5.54. The molecule has 0 atom stereocenters. The van der Waals surface area contributed by atoms with E-state index in [9.17, 15) is 9.90 Å². The minimum atomic E-state index is -0.338. The second-order valence-electron chi connectivity index (χ2n) is 4.33. The van der Waals surface area contributed by atoms with Crippen LogP contribution in [-0.2, 0) is 6.54 Å². The molecule has 0 aliphatic carbocycles. The van der Waals surface area contributed by atoms with Gasteiger partial charge in [-0.25, -0.2) is 0 Å². The Bertz CT molecular complexity index is 609. The molecule has 2 rings (SSSR count). The average Bonchev–Trinajstić information content (AvgIpc) is 2.42. The molecule has 0 aromatic heterocycles. The van der Waals surface area contributed by atoms with Crippen LogP contribution in [0.4, 0.5) is 5.69 Å². The molecular formula is C15H16N2O2. The normalized spacial score (nSPS) is 10.2. The van der Waals surface area contributed by atoms with Gasteiger partial charge in [0.2, 0.25) is 0 Å². The quantitative estimate of drug-likeness (QED) is 0.789. The summed E-state index contributed by atoms with van der Waals surface area (Å²) in [6.07, 6.45) is 0. The fraction of sp³-hybridized carbons (Fsp3) is 0.133. The third-order valence-electron chi connectivity index (χ3n) is 2.90. The van der Waals surface area contributed by atoms with Crippen LogP contribution in [0.1, 0.15) is 21.5 Å². The number of aromatic hydroxyl groups is 1. The highest BCUT2D eigenvalue weighted by Gasteiger charge is 2.12. The molecule has 2 aromatic carbocycles. The van der Waals surface area contributed by atoms with Crippen LogP contribution in [0.25, 0.3) is 0 Å². The molecule has 98 valence electrons. The lowest BCUT2D eigenvalue weighted by Crippen LogP contribution is -2.12. The van der Waals surface area contributed by atoms with Crippen molar-refractivity contribution in [2.75, 3.05) is 5.32 Å². The summed E-state index contributed by atoms with van der Waals surface area (Å²) in [7, 11) is 0. The Hall–Kier alpha value is -2.33. The first kappa shape index (κ1) is 13.1. The highest BCUT2D eigenvalue weighted by molar-refractivity contribution is 6.06. The van der Waals surface area contributed by atoms with Crippen molar-refractivity contribution in [2.24, 2.45) is 5.73 Å². The fourth-order valence-corrected chi connectivity index (χ4v) is 1.82. The van der Waals surface area contributed by atoms with E-state index >= 15 is 0 Å². The van der Waals surface area contributed by atoms with Gasteiger partial charge in [-0.15, -0.1) is 0 Å². The molecule has 4 nitrogen and oxygen atoms in total. The number of aryl methyl sites for hydroxylation is 1. The smallest absolute Gasteiger partial charge is 0.259 e. The van der Waals surface area contributed by atoms with Crippen LogP contribution in [0.5, 0.6) is 5.75 Å². The van der Waals surface area contributed by atoms with E-state index in [-0.39, 0.29) is 17.2 Å². The number of phenols is 1. The van der Waals surface area contributed by atoms with Crippen molar-refractivity contribution in [2.45, 2.75) is 13.5 Å². The van der Waals surface area contributed by atoms with E-state index in [1.165, 1.54) is 0 Å².